The van der Waals surface area contributed by atoms with Gasteiger partial charge in [-0.1, -0.05) is 19.9 Å². The number of ether oxygens (including phenoxy) is 1. The maximum absolute atomic E-state index is 14.5. The van der Waals surface area contributed by atoms with Gasteiger partial charge in [0.1, 0.15) is 17.2 Å². The zero-order valence-corrected chi connectivity index (χ0v) is 20.3. The molecule has 2 aromatic carbocycles. The van der Waals surface area contributed by atoms with Crippen molar-refractivity contribution in [1.29, 1.82) is 0 Å². The molecule has 0 spiro atoms. The fourth-order valence-electron chi connectivity index (χ4n) is 4.92. The Bertz CT molecular complexity index is 1430. The Morgan fingerprint density at radius 2 is 2.00 bits per heavy atom. The summed E-state index contributed by atoms with van der Waals surface area (Å²) < 4.78 is 20.6. The molecule has 184 valence electrons. The molecule has 0 radical (unpaired) electrons. The second-order valence-electron chi connectivity index (χ2n) is 9.13. The minimum atomic E-state index is -0.489. The molecule has 3 heterocycles. The molecule has 0 bridgehead atoms. The molecule has 9 heteroatoms. The number of aromatic nitrogens is 3. The number of rotatable bonds is 6. The molecule has 0 amide bonds. The van der Waals surface area contributed by atoms with Crippen LogP contribution in [0.5, 0.6) is 0 Å². The lowest BCUT2D eigenvalue weighted by atomic mass is 10.1. The highest BCUT2D eigenvalue weighted by Crippen LogP contribution is 2.31. The average molecular weight is 479 g/mol. The van der Waals surface area contributed by atoms with E-state index in [1.54, 1.807) is 6.07 Å². The predicted molar refractivity (Wildman–Crippen MR) is 138 cm³/mol. The molecule has 1 aliphatic heterocycles. The summed E-state index contributed by atoms with van der Waals surface area (Å²) in [5.41, 5.74) is 8.96. The maximum atomic E-state index is 14.5. The van der Waals surface area contributed by atoms with E-state index in [0.29, 0.717) is 23.5 Å². The summed E-state index contributed by atoms with van der Waals surface area (Å²) in [5, 5.41) is 0.185. The Labute approximate surface area is 202 Å². The van der Waals surface area contributed by atoms with Crippen LogP contribution < -0.4 is 16.2 Å². The van der Waals surface area contributed by atoms with Crippen molar-refractivity contribution in [3.8, 4) is 11.4 Å². The molecule has 4 N–H and O–H groups in total. The Hall–Kier alpha value is -3.43. The van der Waals surface area contributed by atoms with Gasteiger partial charge < -0.3 is 30.2 Å². The van der Waals surface area contributed by atoms with E-state index >= 15 is 0 Å². The first kappa shape index (κ1) is 23.3. The van der Waals surface area contributed by atoms with Crippen LogP contribution in [-0.4, -0.2) is 64.8 Å². The fourth-order valence-corrected chi connectivity index (χ4v) is 4.92. The number of nitrogens with two attached hydrogens (primary N) is 1. The van der Waals surface area contributed by atoms with Gasteiger partial charge in [-0.05, 0) is 50.3 Å². The zero-order chi connectivity index (χ0) is 24.7. The third-order valence-electron chi connectivity index (χ3n) is 6.92. The van der Waals surface area contributed by atoms with Crippen LogP contribution in [0.4, 0.5) is 15.8 Å². The van der Waals surface area contributed by atoms with E-state index in [0.717, 1.165) is 37.4 Å². The van der Waals surface area contributed by atoms with Gasteiger partial charge in [-0.3, -0.25) is 4.79 Å². The van der Waals surface area contributed by atoms with Crippen molar-refractivity contribution >= 4 is 33.3 Å². The quantitative estimate of drug-likeness (QED) is 0.390. The number of halogens is 1. The maximum Gasteiger partial charge on any atom is 0.261 e. The molecule has 2 aromatic heterocycles. The van der Waals surface area contributed by atoms with Crippen LogP contribution in [0.15, 0.2) is 41.2 Å². The number of nitrogens with zero attached hydrogens (tertiary/aromatic N) is 3. The third kappa shape index (κ3) is 4.26. The standard InChI is InChI=1S/C26H31FN6O2/c1-4-32(5-2)12-17-13-33(15(3)14-35-17)16-9-10-19-21(11-16)30-25(29-19)23-24(28)22-18(27)7-6-8-20(22)31-26(23)34/h6-11,15,17H,4-5,12-14H2,1-3H3,(H,29,30)(H3,28,31,34)/t15-,17+/m1/s1. The van der Waals surface area contributed by atoms with E-state index in [1.807, 2.05) is 18.2 Å². The Kier molecular flexibility index (Phi) is 6.21. The molecular weight excluding hydrogens is 447 g/mol. The molecule has 1 fully saturated rings. The lowest BCUT2D eigenvalue weighted by Crippen LogP contribution is -2.52. The summed E-state index contributed by atoms with van der Waals surface area (Å²) in [5.74, 6) is -0.174. The van der Waals surface area contributed by atoms with E-state index in [2.05, 4.69) is 45.5 Å². The minimum absolute atomic E-state index is 0.0715. The number of nitrogens with one attached hydrogen (secondary N) is 2. The third-order valence-corrected chi connectivity index (χ3v) is 6.92. The van der Waals surface area contributed by atoms with Crippen LogP contribution in [0.2, 0.25) is 0 Å². The van der Waals surface area contributed by atoms with E-state index < -0.39 is 11.4 Å². The van der Waals surface area contributed by atoms with E-state index in [-0.39, 0.29) is 28.8 Å². The number of pyridine rings is 1. The summed E-state index contributed by atoms with van der Waals surface area (Å²) in [4.78, 5) is 28.1. The van der Waals surface area contributed by atoms with E-state index in [4.69, 9.17) is 10.5 Å². The number of aromatic amines is 2. The van der Waals surface area contributed by atoms with Gasteiger partial charge in [0, 0.05) is 24.8 Å². The van der Waals surface area contributed by atoms with Gasteiger partial charge in [0.15, 0.2) is 0 Å². The highest BCUT2D eigenvalue weighted by atomic mass is 19.1. The van der Waals surface area contributed by atoms with Crippen molar-refractivity contribution in [1.82, 2.24) is 19.9 Å². The van der Waals surface area contributed by atoms with Crippen LogP contribution in [0.3, 0.4) is 0 Å². The molecule has 0 aliphatic carbocycles. The molecule has 35 heavy (non-hydrogen) atoms. The number of benzene rings is 2. The van der Waals surface area contributed by atoms with Crippen LogP contribution in [0.25, 0.3) is 33.3 Å². The average Bonchev–Trinajstić information content (AvgIpc) is 3.26. The number of imidazole rings is 1. The van der Waals surface area contributed by atoms with E-state index in [9.17, 15) is 9.18 Å². The number of likely N-dealkylation sites (N-methyl/N-ethyl adjacent to an activating group) is 1. The first-order valence-corrected chi connectivity index (χ1v) is 12.1. The van der Waals surface area contributed by atoms with Gasteiger partial charge in [-0.25, -0.2) is 9.37 Å². The molecule has 5 rings (SSSR count). The van der Waals surface area contributed by atoms with Gasteiger partial charge >= 0.3 is 0 Å². The monoisotopic (exact) mass is 478 g/mol. The summed E-state index contributed by atoms with van der Waals surface area (Å²) in [6, 6.07) is 10.7. The lowest BCUT2D eigenvalue weighted by molar-refractivity contribution is 0.00265. The number of nitrogen functional groups attached to an aromatic ring is 1. The molecule has 0 saturated carbocycles. The lowest BCUT2D eigenvalue weighted by Gasteiger charge is -2.41. The molecule has 4 aromatic rings. The molecule has 1 saturated heterocycles. The second kappa shape index (κ2) is 9.31. The van der Waals surface area contributed by atoms with Crippen LogP contribution in [-0.2, 0) is 4.74 Å². The summed E-state index contributed by atoms with van der Waals surface area (Å²) in [7, 11) is 0. The number of morpholine rings is 1. The zero-order valence-electron chi connectivity index (χ0n) is 20.3. The molecule has 8 nitrogen and oxygen atoms in total. The number of hydrogen-bond donors (Lipinski definition) is 3. The van der Waals surface area contributed by atoms with Gasteiger partial charge in [-0.15, -0.1) is 0 Å². The van der Waals surface area contributed by atoms with Crippen molar-refractivity contribution < 1.29 is 9.13 Å². The molecule has 1 aliphatic rings. The normalized spacial score (nSPS) is 18.7. The van der Waals surface area contributed by atoms with Gasteiger partial charge in [0.2, 0.25) is 0 Å². The molecular formula is C26H31FN6O2. The minimum Gasteiger partial charge on any atom is -0.397 e. The topological polar surface area (TPSA) is 103 Å². The Morgan fingerprint density at radius 3 is 2.77 bits per heavy atom. The second-order valence-corrected chi connectivity index (χ2v) is 9.13. The molecule has 0 unspecified atom stereocenters. The van der Waals surface area contributed by atoms with Crippen LogP contribution in [0, 0.1) is 5.82 Å². The van der Waals surface area contributed by atoms with Crippen molar-refractivity contribution in [3.63, 3.8) is 0 Å². The van der Waals surface area contributed by atoms with Crippen molar-refractivity contribution in [2.24, 2.45) is 0 Å². The summed E-state index contributed by atoms with van der Waals surface area (Å²) >= 11 is 0. The Morgan fingerprint density at radius 1 is 1.20 bits per heavy atom. The number of fused-ring (bicyclic) bond motifs is 2. The highest BCUT2D eigenvalue weighted by molar-refractivity contribution is 5.98. The number of anilines is 2. The van der Waals surface area contributed by atoms with Crippen LogP contribution >= 0.6 is 0 Å². The summed E-state index contributed by atoms with van der Waals surface area (Å²) in [6.45, 7) is 10.8. The number of hydrogen-bond acceptors (Lipinski definition) is 6. The highest BCUT2D eigenvalue weighted by Gasteiger charge is 2.28. The fraction of sp³-hybridized carbons (Fsp3) is 0.385. The predicted octanol–water partition coefficient (Wildman–Crippen LogP) is 3.73. The van der Waals surface area contributed by atoms with Crippen molar-refractivity contribution in [3.05, 3.63) is 52.6 Å². The van der Waals surface area contributed by atoms with Crippen molar-refractivity contribution in [2.75, 3.05) is 43.4 Å². The van der Waals surface area contributed by atoms with Gasteiger partial charge in [0.05, 0.1) is 40.3 Å². The van der Waals surface area contributed by atoms with Crippen LogP contribution in [0.1, 0.15) is 20.8 Å². The largest absolute Gasteiger partial charge is 0.397 e. The van der Waals surface area contributed by atoms with Gasteiger partial charge in [-0.2, -0.15) is 0 Å². The number of H-pyrrole nitrogens is 2. The smallest absolute Gasteiger partial charge is 0.261 e. The summed E-state index contributed by atoms with van der Waals surface area (Å²) in [6.07, 6.45) is 0.130. The van der Waals surface area contributed by atoms with Crippen molar-refractivity contribution in [2.45, 2.75) is 32.9 Å². The Balaban J connectivity index is 1.49. The van der Waals surface area contributed by atoms with Gasteiger partial charge in [0.25, 0.3) is 5.56 Å². The SMILES string of the molecule is CCN(CC)C[C@H]1CN(c2ccc3nc(-c4c(N)c5c(F)cccc5[nH]c4=O)[nH]c3c2)[C@H](C)CO1. The molecule has 2 atom stereocenters. The first-order valence-electron chi connectivity index (χ1n) is 12.1. The first-order chi connectivity index (χ1) is 16.9. The van der Waals surface area contributed by atoms with E-state index in [1.165, 1.54) is 12.1 Å².